The maximum absolute atomic E-state index is 11.2. The van der Waals surface area contributed by atoms with Gasteiger partial charge >= 0.3 is 5.97 Å². The summed E-state index contributed by atoms with van der Waals surface area (Å²) in [6.45, 7) is 6.29. The number of carbonyl (C=O) groups is 1. The highest BCUT2D eigenvalue weighted by Gasteiger charge is 2.28. The number of hydrogen-bond donors (Lipinski definition) is 1. The van der Waals surface area contributed by atoms with Crippen molar-refractivity contribution in [3.8, 4) is 0 Å². The summed E-state index contributed by atoms with van der Waals surface area (Å²) in [5.41, 5.74) is -1.22. The van der Waals surface area contributed by atoms with Gasteiger partial charge in [0, 0.05) is 6.42 Å². The molecule has 5 nitrogen and oxygen atoms in total. The molecule has 88 valence electrons. The minimum atomic E-state index is -4.15. The number of allylic oxidation sites excluding steroid dienone is 1. The largest absolute Gasteiger partial charge is 0.458 e. The Hall–Kier alpha value is -0.880. The lowest BCUT2D eigenvalue weighted by molar-refractivity contribution is -0.154. The predicted octanol–water partition coefficient (Wildman–Crippen LogP) is 1.16. The minimum Gasteiger partial charge on any atom is -0.458 e. The van der Waals surface area contributed by atoms with E-state index in [2.05, 4.69) is 6.58 Å². The van der Waals surface area contributed by atoms with Gasteiger partial charge in [0.15, 0.2) is 0 Å². The molecule has 0 aliphatic heterocycles. The van der Waals surface area contributed by atoms with Crippen LogP contribution in [0.15, 0.2) is 12.7 Å². The van der Waals surface area contributed by atoms with Gasteiger partial charge in [-0.15, -0.1) is 6.58 Å². The summed E-state index contributed by atoms with van der Waals surface area (Å²) in [5, 5.41) is 0. The van der Waals surface area contributed by atoms with Gasteiger partial charge in [-0.1, -0.05) is 6.08 Å². The zero-order valence-electron chi connectivity index (χ0n) is 8.89. The summed E-state index contributed by atoms with van der Waals surface area (Å²) < 4.78 is 34.7. The second-order valence-corrected chi connectivity index (χ2v) is 5.24. The van der Waals surface area contributed by atoms with Crippen molar-refractivity contribution >= 4 is 16.1 Å². The average Bonchev–Trinajstić information content (AvgIpc) is 1.94. The first kappa shape index (κ1) is 14.1. The van der Waals surface area contributed by atoms with Gasteiger partial charge in [0.25, 0.3) is 10.1 Å². The average molecular weight is 236 g/mol. The molecule has 0 aromatic carbocycles. The molecule has 0 heterocycles. The monoisotopic (exact) mass is 236 g/mol. The van der Waals surface area contributed by atoms with Crippen LogP contribution in [0.2, 0.25) is 0 Å². The van der Waals surface area contributed by atoms with E-state index >= 15 is 0 Å². The first-order valence-corrected chi connectivity index (χ1v) is 6.05. The second-order valence-electron chi connectivity index (χ2n) is 3.79. The molecule has 6 heteroatoms. The summed E-state index contributed by atoms with van der Waals surface area (Å²) in [6.07, 6.45) is 2.19. The van der Waals surface area contributed by atoms with Crippen molar-refractivity contribution in [2.24, 2.45) is 0 Å². The third-order valence-electron chi connectivity index (χ3n) is 1.47. The summed E-state index contributed by atoms with van der Waals surface area (Å²) in [6, 6.07) is 0. The van der Waals surface area contributed by atoms with Crippen LogP contribution in [-0.4, -0.2) is 30.3 Å². The van der Waals surface area contributed by atoms with E-state index in [0.29, 0.717) is 6.42 Å². The molecule has 15 heavy (non-hydrogen) atoms. The second kappa shape index (κ2) is 5.27. The van der Waals surface area contributed by atoms with E-state index in [1.807, 2.05) is 0 Å². The van der Waals surface area contributed by atoms with Gasteiger partial charge in [-0.3, -0.25) is 9.35 Å². The van der Waals surface area contributed by atoms with E-state index < -0.39 is 27.4 Å². The van der Waals surface area contributed by atoms with Crippen LogP contribution in [0.25, 0.3) is 0 Å². The van der Waals surface area contributed by atoms with E-state index in [1.54, 1.807) is 6.08 Å². The summed E-state index contributed by atoms with van der Waals surface area (Å²) in [4.78, 5) is 11.2. The Kier molecular flexibility index (Phi) is 4.96. The molecule has 0 amide bonds. The topological polar surface area (TPSA) is 80.7 Å². The number of carbonyl (C=O) groups excluding carboxylic acids is 1. The molecular formula is C9H16O5S. The van der Waals surface area contributed by atoms with Crippen molar-refractivity contribution < 1.29 is 22.5 Å². The summed E-state index contributed by atoms with van der Waals surface area (Å²) >= 11 is 0. The highest BCUT2D eigenvalue weighted by atomic mass is 32.2. The van der Waals surface area contributed by atoms with Gasteiger partial charge < -0.3 is 4.74 Å². The minimum absolute atomic E-state index is 0.151. The van der Waals surface area contributed by atoms with Crippen molar-refractivity contribution in [1.82, 2.24) is 0 Å². The van der Waals surface area contributed by atoms with E-state index in [-0.39, 0.29) is 6.42 Å². The molecule has 1 N–H and O–H groups in total. The molecular weight excluding hydrogens is 220 g/mol. The van der Waals surface area contributed by atoms with Crippen LogP contribution in [0.1, 0.15) is 26.7 Å². The zero-order valence-corrected chi connectivity index (χ0v) is 9.71. The van der Waals surface area contributed by atoms with Crippen molar-refractivity contribution in [3.63, 3.8) is 0 Å². The molecule has 0 saturated carbocycles. The van der Waals surface area contributed by atoms with Crippen LogP contribution in [0, 0.1) is 0 Å². The number of rotatable bonds is 6. The fourth-order valence-corrected chi connectivity index (χ4v) is 1.99. The van der Waals surface area contributed by atoms with Gasteiger partial charge in [0.2, 0.25) is 0 Å². The van der Waals surface area contributed by atoms with Crippen LogP contribution < -0.4 is 0 Å². The predicted molar refractivity (Wildman–Crippen MR) is 56.0 cm³/mol. The van der Waals surface area contributed by atoms with E-state index in [9.17, 15) is 13.2 Å². The molecule has 0 aliphatic carbocycles. The normalized spacial score (nSPS) is 12.2. The standard InChI is InChI=1S/C9H16O5S/c1-4-5-6-8(10)14-9(2,3)7-15(11,12)13/h4H,1,5-7H2,2-3H3,(H,11,12,13). The van der Waals surface area contributed by atoms with Crippen molar-refractivity contribution in [3.05, 3.63) is 12.7 Å². The third kappa shape index (κ3) is 8.14. The molecule has 0 unspecified atom stereocenters. The van der Waals surface area contributed by atoms with Crippen LogP contribution >= 0.6 is 0 Å². The van der Waals surface area contributed by atoms with Crippen LogP contribution in [0.5, 0.6) is 0 Å². The molecule has 0 bridgehead atoms. The zero-order chi connectivity index (χ0) is 12.1. The summed E-state index contributed by atoms with van der Waals surface area (Å²) in [7, 11) is -4.15. The Labute approximate surface area is 89.9 Å². The molecule has 0 spiro atoms. The van der Waals surface area contributed by atoms with Gasteiger partial charge in [-0.25, -0.2) is 0 Å². The van der Waals surface area contributed by atoms with Gasteiger partial charge in [-0.2, -0.15) is 8.42 Å². The first-order valence-electron chi connectivity index (χ1n) is 4.44. The quantitative estimate of drug-likeness (QED) is 0.425. The number of hydrogen-bond acceptors (Lipinski definition) is 4. The van der Waals surface area contributed by atoms with Crippen LogP contribution in [0.3, 0.4) is 0 Å². The number of esters is 1. The Morgan fingerprint density at radius 1 is 1.53 bits per heavy atom. The highest BCUT2D eigenvalue weighted by molar-refractivity contribution is 7.85. The Morgan fingerprint density at radius 2 is 2.07 bits per heavy atom. The van der Waals surface area contributed by atoms with Crippen LogP contribution in [0.4, 0.5) is 0 Å². The van der Waals surface area contributed by atoms with E-state index in [4.69, 9.17) is 9.29 Å². The third-order valence-corrected chi connectivity index (χ3v) is 2.53. The molecule has 0 fully saturated rings. The lowest BCUT2D eigenvalue weighted by atomic mass is 10.2. The highest BCUT2D eigenvalue weighted by Crippen LogP contribution is 2.13. The molecule has 0 radical (unpaired) electrons. The molecule has 0 aliphatic rings. The van der Waals surface area contributed by atoms with Crippen molar-refractivity contribution in [2.75, 3.05) is 5.75 Å². The Bertz CT molecular complexity index is 328. The van der Waals surface area contributed by atoms with Gasteiger partial charge in [0.05, 0.1) is 0 Å². The first-order chi connectivity index (χ1) is 6.66. The smallest absolute Gasteiger partial charge is 0.306 e. The van der Waals surface area contributed by atoms with Crippen molar-refractivity contribution in [2.45, 2.75) is 32.3 Å². The number of ether oxygens (including phenoxy) is 1. The maximum atomic E-state index is 11.2. The molecule has 0 rings (SSSR count). The van der Waals surface area contributed by atoms with Gasteiger partial charge in [0.1, 0.15) is 11.4 Å². The van der Waals surface area contributed by atoms with Gasteiger partial charge in [-0.05, 0) is 20.3 Å². The lowest BCUT2D eigenvalue weighted by Crippen LogP contribution is -2.35. The molecule has 0 aromatic rings. The molecule has 0 aromatic heterocycles. The summed E-state index contributed by atoms with van der Waals surface area (Å²) in [5.74, 6) is -1.12. The van der Waals surface area contributed by atoms with Crippen molar-refractivity contribution in [1.29, 1.82) is 0 Å². The molecule has 0 saturated heterocycles. The molecule has 0 atom stereocenters. The Balaban J connectivity index is 4.25. The van der Waals surface area contributed by atoms with Crippen LogP contribution in [-0.2, 0) is 19.6 Å². The fourth-order valence-electron chi connectivity index (χ4n) is 1.05. The Morgan fingerprint density at radius 3 is 2.47 bits per heavy atom. The van der Waals surface area contributed by atoms with E-state index in [0.717, 1.165) is 0 Å². The maximum Gasteiger partial charge on any atom is 0.306 e. The van der Waals surface area contributed by atoms with E-state index in [1.165, 1.54) is 13.8 Å². The SMILES string of the molecule is C=CCCC(=O)OC(C)(C)CS(=O)(=O)O. The lowest BCUT2D eigenvalue weighted by Gasteiger charge is -2.23. The fraction of sp³-hybridized carbons (Fsp3) is 0.667.